The fraction of sp³-hybridized carbons (Fsp3) is 0.550. The Hall–Kier alpha value is -2.73. The maximum absolute atomic E-state index is 12.4. The van der Waals surface area contributed by atoms with Gasteiger partial charge in [0.05, 0.1) is 36.0 Å². The molecule has 0 aromatic heterocycles. The molecule has 1 saturated carbocycles. The van der Waals surface area contributed by atoms with Crippen LogP contribution in [0.2, 0.25) is 0 Å². The number of ether oxygens (including phenoxy) is 1. The molecule has 1 fully saturated rings. The van der Waals surface area contributed by atoms with E-state index >= 15 is 0 Å². The first-order valence-electron chi connectivity index (χ1n) is 9.15. The molecule has 1 aliphatic rings. The van der Waals surface area contributed by atoms with Gasteiger partial charge in [-0.1, -0.05) is 25.7 Å². The smallest absolute Gasteiger partial charge is 0.240 e. The lowest BCUT2D eigenvalue weighted by Gasteiger charge is -2.26. The number of amides is 1. The summed E-state index contributed by atoms with van der Waals surface area (Å²) in [5.41, 5.74) is 0.321. The van der Waals surface area contributed by atoms with Gasteiger partial charge in [0, 0.05) is 0 Å². The Labute approximate surface area is 155 Å². The Bertz CT molecular complexity index is 708. The van der Waals surface area contributed by atoms with Gasteiger partial charge < -0.3 is 15.4 Å². The summed E-state index contributed by atoms with van der Waals surface area (Å²) in [6.07, 6.45) is 5.49. The van der Waals surface area contributed by atoms with Crippen LogP contribution in [0.3, 0.4) is 0 Å². The summed E-state index contributed by atoms with van der Waals surface area (Å²) in [5.74, 6) is 0.363. The van der Waals surface area contributed by atoms with E-state index in [1.807, 2.05) is 13.8 Å². The molecule has 0 unspecified atom stereocenters. The topological polar surface area (TPSA) is 97.9 Å². The van der Waals surface area contributed by atoms with Crippen LogP contribution >= 0.6 is 0 Å². The first-order chi connectivity index (χ1) is 12.5. The number of hydrogen-bond donors (Lipinski definition) is 2. The fourth-order valence-electron chi connectivity index (χ4n) is 3.18. The molecule has 1 aromatic rings. The molecule has 6 nitrogen and oxygen atoms in total. The standard InChI is InChI=1S/C20H26N4O2/c1-15(2)26-18-8-7-16(12-21)11-17(18)23-13-19(25)24-20(14-22)9-5-3-4-6-10-20/h7-8,11,15,23H,3-6,9-10,13H2,1-2H3,(H,24,25). The van der Waals surface area contributed by atoms with Gasteiger partial charge in [0.25, 0.3) is 0 Å². The number of anilines is 1. The van der Waals surface area contributed by atoms with Crippen LogP contribution in [0.4, 0.5) is 5.69 Å². The Balaban J connectivity index is 2.04. The maximum atomic E-state index is 12.4. The van der Waals surface area contributed by atoms with E-state index in [1.165, 1.54) is 0 Å². The Kier molecular flexibility index (Phi) is 6.86. The number of hydrogen-bond acceptors (Lipinski definition) is 5. The summed E-state index contributed by atoms with van der Waals surface area (Å²) >= 11 is 0. The predicted octanol–water partition coefficient (Wildman–Crippen LogP) is 3.49. The highest BCUT2D eigenvalue weighted by Crippen LogP contribution is 2.28. The summed E-state index contributed by atoms with van der Waals surface area (Å²) in [7, 11) is 0. The Morgan fingerprint density at radius 2 is 1.92 bits per heavy atom. The molecule has 0 radical (unpaired) electrons. The zero-order valence-corrected chi connectivity index (χ0v) is 15.5. The van der Waals surface area contributed by atoms with Crippen molar-refractivity contribution in [1.82, 2.24) is 5.32 Å². The van der Waals surface area contributed by atoms with Crippen molar-refractivity contribution in [3.05, 3.63) is 23.8 Å². The number of nitrogens with one attached hydrogen (secondary N) is 2. The summed E-state index contributed by atoms with van der Waals surface area (Å²) in [4.78, 5) is 12.4. The van der Waals surface area contributed by atoms with Crippen LogP contribution < -0.4 is 15.4 Å². The van der Waals surface area contributed by atoms with E-state index in [9.17, 15) is 10.1 Å². The molecule has 2 rings (SSSR count). The van der Waals surface area contributed by atoms with Gasteiger partial charge in [-0.3, -0.25) is 4.79 Å². The van der Waals surface area contributed by atoms with Crippen molar-refractivity contribution >= 4 is 11.6 Å². The predicted molar refractivity (Wildman–Crippen MR) is 99.6 cm³/mol. The largest absolute Gasteiger partial charge is 0.489 e. The Morgan fingerprint density at radius 1 is 1.23 bits per heavy atom. The van der Waals surface area contributed by atoms with Gasteiger partial charge in [-0.05, 0) is 44.9 Å². The zero-order valence-electron chi connectivity index (χ0n) is 15.5. The third-order valence-corrected chi connectivity index (χ3v) is 4.46. The van der Waals surface area contributed by atoms with Crippen LogP contribution in [0.5, 0.6) is 5.75 Å². The highest BCUT2D eigenvalue weighted by atomic mass is 16.5. The first-order valence-corrected chi connectivity index (χ1v) is 9.15. The number of nitrogens with zero attached hydrogens (tertiary/aromatic N) is 2. The monoisotopic (exact) mass is 354 g/mol. The number of rotatable bonds is 6. The number of carbonyl (C=O) groups excluding carboxylic acids is 1. The second-order valence-corrected chi connectivity index (χ2v) is 7.00. The molecule has 1 aliphatic carbocycles. The van der Waals surface area contributed by atoms with Crippen molar-refractivity contribution in [3.8, 4) is 17.9 Å². The second kappa shape index (κ2) is 9.10. The number of nitriles is 2. The molecule has 0 spiro atoms. The second-order valence-electron chi connectivity index (χ2n) is 7.00. The van der Waals surface area contributed by atoms with E-state index in [1.54, 1.807) is 18.2 Å². The summed E-state index contributed by atoms with van der Waals surface area (Å²) in [6.45, 7) is 3.85. The van der Waals surface area contributed by atoms with Crippen LogP contribution in [0, 0.1) is 22.7 Å². The van der Waals surface area contributed by atoms with Crippen molar-refractivity contribution < 1.29 is 9.53 Å². The third-order valence-electron chi connectivity index (χ3n) is 4.46. The lowest BCUT2D eigenvalue weighted by molar-refractivity contribution is -0.120. The highest BCUT2D eigenvalue weighted by Gasteiger charge is 2.32. The summed E-state index contributed by atoms with van der Waals surface area (Å²) in [6, 6.07) is 9.47. The minimum absolute atomic E-state index is 0.0206. The van der Waals surface area contributed by atoms with Gasteiger partial charge in [0.1, 0.15) is 11.3 Å². The van der Waals surface area contributed by atoms with E-state index in [0.717, 1.165) is 25.7 Å². The molecule has 26 heavy (non-hydrogen) atoms. The van der Waals surface area contributed by atoms with Crippen molar-refractivity contribution in [2.45, 2.75) is 64.0 Å². The van der Waals surface area contributed by atoms with Crippen LogP contribution in [0.15, 0.2) is 18.2 Å². The van der Waals surface area contributed by atoms with E-state index in [2.05, 4.69) is 22.8 Å². The molecule has 1 amide bonds. The number of benzene rings is 1. The van der Waals surface area contributed by atoms with Crippen molar-refractivity contribution in [1.29, 1.82) is 10.5 Å². The van der Waals surface area contributed by atoms with Gasteiger partial charge in [0.15, 0.2) is 0 Å². The quantitative estimate of drug-likeness (QED) is 0.762. The highest BCUT2D eigenvalue weighted by molar-refractivity contribution is 5.82. The van der Waals surface area contributed by atoms with Gasteiger partial charge in [-0.2, -0.15) is 10.5 Å². The minimum Gasteiger partial charge on any atom is -0.489 e. The fourth-order valence-corrected chi connectivity index (χ4v) is 3.18. The lowest BCUT2D eigenvalue weighted by Crippen LogP contribution is -2.49. The van der Waals surface area contributed by atoms with E-state index < -0.39 is 5.54 Å². The van der Waals surface area contributed by atoms with Crippen molar-refractivity contribution in [2.24, 2.45) is 0 Å². The summed E-state index contributed by atoms with van der Waals surface area (Å²) < 4.78 is 5.73. The van der Waals surface area contributed by atoms with Crippen LogP contribution in [-0.4, -0.2) is 24.1 Å². The van der Waals surface area contributed by atoms with E-state index in [0.29, 0.717) is 29.8 Å². The molecule has 138 valence electrons. The first kappa shape index (κ1) is 19.6. The van der Waals surface area contributed by atoms with Crippen molar-refractivity contribution in [2.75, 3.05) is 11.9 Å². The van der Waals surface area contributed by atoms with Gasteiger partial charge >= 0.3 is 0 Å². The van der Waals surface area contributed by atoms with Crippen LogP contribution in [0.25, 0.3) is 0 Å². The molecular formula is C20H26N4O2. The molecule has 0 atom stereocenters. The van der Waals surface area contributed by atoms with E-state index in [4.69, 9.17) is 10.00 Å². The van der Waals surface area contributed by atoms with Crippen LogP contribution in [0.1, 0.15) is 57.9 Å². The molecular weight excluding hydrogens is 328 g/mol. The van der Waals surface area contributed by atoms with Gasteiger partial charge in [-0.15, -0.1) is 0 Å². The molecule has 2 N–H and O–H groups in total. The van der Waals surface area contributed by atoms with Crippen LogP contribution in [-0.2, 0) is 4.79 Å². The molecule has 1 aromatic carbocycles. The van der Waals surface area contributed by atoms with Gasteiger partial charge in [-0.25, -0.2) is 0 Å². The third kappa shape index (κ3) is 5.39. The normalized spacial score (nSPS) is 16.0. The van der Waals surface area contributed by atoms with Crippen molar-refractivity contribution in [3.63, 3.8) is 0 Å². The maximum Gasteiger partial charge on any atom is 0.240 e. The summed E-state index contributed by atoms with van der Waals surface area (Å²) in [5, 5.41) is 24.6. The lowest BCUT2D eigenvalue weighted by atomic mass is 9.92. The Morgan fingerprint density at radius 3 is 2.50 bits per heavy atom. The zero-order chi connectivity index (χ0) is 19.0. The average Bonchev–Trinajstić information content (AvgIpc) is 2.86. The molecule has 6 heteroatoms. The molecule has 0 heterocycles. The molecule has 0 bridgehead atoms. The van der Waals surface area contributed by atoms with Gasteiger partial charge in [0.2, 0.25) is 5.91 Å². The average molecular weight is 354 g/mol. The molecule has 0 aliphatic heterocycles. The SMILES string of the molecule is CC(C)Oc1ccc(C#N)cc1NCC(=O)NC1(C#N)CCCCCC1. The van der Waals surface area contributed by atoms with E-state index in [-0.39, 0.29) is 18.6 Å². The molecule has 0 saturated heterocycles. The minimum atomic E-state index is -0.763. The number of carbonyl (C=O) groups is 1.